The zero-order chi connectivity index (χ0) is 24.8. The van der Waals surface area contributed by atoms with Gasteiger partial charge in [-0.25, -0.2) is 5.43 Å². The third-order valence-electron chi connectivity index (χ3n) is 7.84. The molecule has 0 aromatic heterocycles. The Morgan fingerprint density at radius 1 is 0.944 bits per heavy atom. The van der Waals surface area contributed by atoms with Crippen LogP contribution in [0.4, 0.5) is 5.69 Å². The minimum Gasteiger partial charge on any atom is -0.341 e. The summed E-state index contributed by atoms with van der Waals surface area (Å²) in [6.45, 7) is 0. The highest BCUT2D eigenvalue weighted by Gasteiger charge is 2.65. The number of carbonyl (C=O) groups is 1. The van der Waals surface area contributed by atoms with E-state index in [0.29, 0.717) is 5.56 Å². The molecule has 3 aliphatic heterocycles. The molecule has 2 spiro atoms. The highest BCUT2D eigenvalue weighted by molar-refractivity contribution is 5.85. The van der Waals surface area contributed by atoms with Crippen LogP contribution in [0.3, 0.4) is 0 Å². The molecule has 1 N–H and O–H groups in total. The van der Waals surface area contributed by atoms with E-state index in [4.69, 9.17) is 23.7 Å². The lowest BCUT2D eigenvalue weighted by Gasteiger charge is -2.36. The van der Waals surface area contributed by atoms with Crippen LogP contribution >= 0.6 is 0 Å². The molecular weight excluding hydrogens is 470 g/mol. The lowest BCUT2D eigenvalue weighted by atomic mass is 9.94. The Hall–Kier alpha value is -2.44. The Balaban J connectivity index is 1.20. The smallest absolute Gasteiger partial charge is 0.272 e. The normalized spacial score (nSPS) is 34.5. The number of hydrogen-bond acceptors (Lipinski definition) is 9. The lowest BCUT2D eigenvalue weighted by molar-refractivity contribution is -0.384. The van der Waals surface area contributed by atoms with E-state index in [1.54, 1.807) is 12.1 Å². The van der Waals surface area contributed by atoms with Gasteiger partial charge in [0.2, 0.25) is 0 Å². The number of nitrogens with one attached hydrogen (secondary N) is 1. The number of non-ortho nitro benzene ring substituents is 1. The van der Waals surface area contributed by atoms with Crippen molar-refractivity contribution in [3.8, 4) is 0 Å². The predicted molar refractivity (Wildman–Crippen MR) is 125 cm³/mol. The van der Waals surface area contributed by atoms with Crippen molar-refractivity contribution in [2.24, 2.45) is 5.10 Å². The highest BCUT2D eigenvalue weighted by Crippen LogP contribution is 2.50. The number of fused-ring (bicyclic) bond motifs is 3. The largest absolute Gasteiger partial charge is 0.341 e. The number of nitro benzene ring substituents is 1. The van der Waals surface area contributed by atoms with Gasteiger partial charge in [-0.2, -0.15) is 5.10 Å². The van der Waals surface area contributed by atoms with E-state index in [1.165, 1.54) is 18.3 Å². The molecule has 194 valence electrons. The molecule has 11 nitrogen and oxygen atoms in total. The second kappa shape index (κ2) is 9.46. The van der Waals surface area contributed by atoms with E-state index in [0.717, 1.165) is 64.2 Å². The van der Waals surface area contributed by atoms with Crippen molar-refractivity contribution in [2.45, 2.75) is 106 Å². The zero-order valence-electron chi connectivity index (χ0n) is 20.0. The molecule has 3 saturated heterocycles. The monoisotopic (exact) mass is 501 g/mol. The summed E-state index contributed by atoms with van der Waals surface area (Å²) in [4.78, 5) is 23.8. The maximum absolute atomic E-state index is 13.2. The number of amides is 1. The molecule has 5 aliphatic rings. The molecule has 0 unspecified atom stereocenters. The minimum absolute atomic E-state index is 0.0564. The van der Waals surface area contributed by atoms with Crippen LogP contribution in [0.25, 0.3) is 0 Å². The summed E-state index contributed by atoms with van der Waals surface area (Å²) < 4.78 is 31.9. The average Bonchev–Trinajstić information content (AvgIpc) is 3.42. The molecule has 1 amide bonds. The zero-order valence-corrected chi connectivity index (χ0v) is 20.0. The summed E-state index contributed by atoms with van der Waals surface area (Å²) in [5.74, 6) is -1.92. The fourth-order valence-corrected chi connectivity index (χ4v) is 6.12. The van der Waals surface area contributed by atoms with E-state index in [-0.39, 0.29) is 5.69 Å². The third kappa shape index (κ3) is 4.43. The summed E-state index contributed by atoms with van der Waals surface area (Å²) in [6, 6.07) is 5.99. The van der Waals surface area contributed by atoms with Crippen LogP contribution in [-0.2, 0) is 28.5 Å². The fourth-order valence-electron chi connectivity index (χ4n) is 6.12. The maximum atomic E-state index is 13.2. The molecule has 36 heavy (non-hydrogen) atoms. The van der Waals surface area contributed by atoms with Gasteiger partial charge in [0.25, 0.3) is 11.6 Å². The number of hydrazone groups is 1. The van der Waals surface area contributed by atoms with Crippen molar-refractivity contribution in [1.82, 2.24) is 5.43 Å². The molecule has 5 atom stereocenters. The summed E-state index contributed by atoms with van der Waals surface area (Å²) in [5.41, 5.74) is 2.94. The van der Waals surface area contributed by atoms with E-state index in [1.807, 2.05) is 0 Å². The third-order valence-corrected chi connectivity index (χ3v) is 7.84. The number of benzene rings is 1. The van der Waals surface area contributed by atoms with Crippen molar-refractivity contribution in [2.75, 3.05) is 0 Å². The Labute approximate surface area is 208 Å². The van der Waals surface area contributed by atoms with Crippen molar-refractivity contribution in [3.05, 3.63) is 39.9 Å². The first-order valence-electron chi connectivity index (χ1n) is 12.9. The lowest BCUT2D eigenvalue weighted by Crippen LogP contribution is -2.59. The first-order valence-corrected chi connectivity index (χ1v) is 12.9. The number of carbonyl (C=O) groups excluding carboxylic acids is 1. The van der Waals surface area contributed by atoms with Crippen molar-refractivity contribution < 1.29 is 33.4 Å². The van der Waals surface area contributed by atoms with Gasteiger partial charge in [0, 0.05) is 43.4 Å². The van der Waals surface area contributed by atoms with Crippen LogP contribution in [0, 0.1) is 10.1 Å². The van der Waals surface area contributed by atoms with Crippen molar-refractivity contribution in [1.29, 1.82) is 0 Å². The van der Waals surface area contributed by atoms with Gasteiger partial charge >= 0.3 is 0 Å². The Bertz CT molecular complexity index is 1040. The number of ether oxygens (including phenoxy) is 5. The maximum Gasteiger partial charge on any atom is 0.272 e. The first kappa shape index (κ1) is 23.9. The molecule has 2 aliphatic carbocycles. The SMILES string of the molecule is O=C(N/N=C\c1cccc([N+](=O)[O-])c1)[C@@H]1O[C@@H]2OC3(CCCCC3)O[C@@H]2[C@H]2OC3(CCCCC3)O[C@@H]21. The quantitative estimate of drug-likeness (QED) is 0.378. The number of nitrogens with zero attached hydrogens (tertiary/aromatic N) is 2. The molecule has 3 heterocycles. The summed E-state index contributed by atoms with van der Waals surface area (Å²) in [6.07, 6.45) is 7.44. The van der Waals surface area contributed by atoms with Gasteiger partial charge in [-0.1, -0.05) is 25.0 Å². The van der Waals surface area contributed by atoms with E-state index >= 15 is 0 Å². The second-order valence-corrected chi connectivity index (χ2v) is 10.3. The topological polar surface area (TPSA) is 131 Å². The van der Waals surface area contributed by atoms with E-state index < -0.39 is 53.1 Å². The van der Waals surface area contributed by atoms with Crippen molar-refractivity contribution in [3.63, 3.8) is 0 Å². The molecule has 1 aromatic rings. The average molecular weight is 502 g/mol. The van der Waals surface area contributed by atoms with Crippen LogP contribution in [0.2, 0.25) is 0 Å². The Morgan fingerprint density at radius 3 is 2.28 bits per heavy atom. The summed E-state index contributed by atoms with van der Waals surface area (Å²) >= 11 is 0. The number of rotatable bonds is 4. The summed E-state index contributed by atoms with van der Waals surface area (Å²) in [7, 11) is 0. The van der Waals surface area contributed by atoms with Gasteiger partial charge in [0.15, 0.2) is 24.0 Å². The van der Waals surface area contributed by atoms with Crippen LogP contribution in [0.5, 0.6) is 0 Å². The second-order valence-electron chi connectivity index (χ2n) is 10.3. The van der Waals surface area contributed by atoms with Crippen LogP contribution in [-0.4, -0.2) is 59.3 Å². The molecule has 11 heteroatoms. The molecule has 0 bridgehead atoms. The molecular formula is C25H31N3O8. The molecule has 5 fully saturated rings. The van der Waals surface area contributed by atoms with Crippen LogP contribution in [0.1, 0.15) is 69.8 Å². The fraction of sp³-hybridized carbons (Fsp3) is 0.680. The Morgan fingerprint density at radius 2 is 1.58 bits per heavy atom. The van der Waals surface area contributed by atoms with E-state index in [9.17, 15) is 14.9 Å². The van der Waals surface area contributed by atoms with Gasteiger partial charge in [-0.05, 0) is 25.7 Å². The predicted octanol–water partition coefficient (Wildman–Crippen LogP) is 3.29. The van der Waals surface area contributed by atoms with Crippen molar-refractivity contribution >= 4 is 17.8 Å². The van der Waals surface area contributed by atoms with Gasteiger partial charge in [0.1, 0.15) is 18.3 Å². The van der Waals surface area contributed by atoms with Gasteiger partial charge < -0.3 is 23.7 Å². The summed E-state index contributed by atoms with van der Waals surface area (Å²) in [5, 5.41) is 15.0. The highest BCUT2D eigenvalue weighted by atomic mass is 16.9. The molecule has 2 saturated carbocycles. The number of hydrogen-bond donors (Lipinski definition) is 1. The first-order chi connectivity index (χ1) is 17.5. The molecule has 6 rings (SSSR count). The van der Waals surface area contributed by atoms with Gasteiger partial charge in [0.05, 0.1) is 11.1 Å². The molecule has 1 aromatic carbocycles. The van der Waals surface area contributed by atoms with E-state index in [2.05, 4.69) is 10.5 Å². The van der Waals surface area contributed by atoms with Crippen LogP contribution in [0.15, 0.2) is 29.4 Å². The molecule has 0 radical (unpaired) electrons. The van der Waals surface area contributed by atoms with Gasteiger partial charge in [-0.3, -0.25) is 14.9 Å². The Kier molecular flexibility index (Phi) is 6.29. The van der Waals surface area contributed by atoms with Crippen LogP contribution < -0.4 is 5.43 Å². The van der Waals surface area contributed by atoms with Gasteiger partial charge in [-0.15, -0.1) is 0 Å². The standard InChI is InChI=1S/C25H31N3O8/c29-22(27-26-15-16-8-7-9-17(14-16)28(30)31)20-18-19(34-24(33-18)10-3-1-4-11-24)21-23(32-20)36-25(35-21)12-5-2-6-13-25/h7-9,14-15,18-21,23H,1-6,10-13H2,(H,27,29)/b26-15-/t18-,19-,20+,21+,23+/m0/s1. The minimum atomic E-state index is -0.998. The number of nitro groups is 1.